The van der Waals surface area contributed by atoms with Gasteiger partial charge in [-0.25, -0.2) is 0 Å². The molecule has 0 bridgehead atoms. The van der Waals surface area contributed by atoms with E-state index in [2.05, 4.69) is 15.9 Å². The van der Waals surface area contributed by atoms with Gasteiger partial charge in [0.05, 0.1) is 6.61 Å². The van der Waals surface area contributed by atoms with Crippen LogP contribution in [0.1, 0.15) is 0 Å². The van der Waals surface area contributed by atoms with Crippen molar-refractivity contribution < 1.29 is 30.3 Å². The molecule has 6 nitrogen and oxygen atoms in total. The SMILES string of the molecule is O=C(Br)[C@H](O)[C@H](O)[C@@H](O)[C@H](O)CO. The first-order valence-electron chi connectivity index (χ1n) is 3.44. The predicted molar refractivity (Wildman–Crippen MR) is 45.0 cm³/mol. The molecular weight excluding hydrogens is 248 g/mol. The predicted octanol–water partition coefficient (Wildman–Crippen LogP) is -2.66. The van der Waals surface area contributed by atoms with Gasteiger partial charge < -0.3 is 25.5 Å². The molecule has 0 unspecified atom stereocenters. The number of carbonyl (C=O) groups is 1. The second-order valence-corrected chi connectivity index (χ2v) is 3.26. The van der Waals surface area contributed by atoms with Crippen molar-refractivity contribution >= 4 is 20.6 Å². The highest BCUT2D eigenvalue weighted by molar-refractivity contribution is 9.18. The Morgan fingerprint density at radius 1 is 1.15 bits per heavy atom. The maximum absolute atomic E-state index is 10.5. The van der Waals surface area contributed by atoms with Crippen molar-refractivity contribution in [3.05, 3.63) is 0 Å². The first-order chi connectivity index (χ1) is 5.91. The fourth-order valence-electron chi connectivity index (χ4n) is 0.657. The molecular formula is C6H11BrO6. The van der Waals surface area contributed by atoms with Crippen molar-refractivity contribution in [2.24, 2.45) is 0 Å². The molecule has 0 radical (unpaired) electrons. The lowest BCUT2D eigenvalue weighted by Gasteiger charge is -2.23. The third kappa shape index (κ3) is 3.67. The summed E-state index contributed by atoms with van der Waals surface area (Å²) in [6.07, 6.45) is -7.05. The van der Waals surface area contributed by atoms with Gasteiger partial charge in [-0.1, -0.05) is 0 Å². The zero-order valence-corrected chi connectivity index (χ0v) is 8.12. The third-order valence-electron chi connectivity index (χ3n) is 1.49. The van der Waals surface area contributed by atoms with Crippen LogP contribution in [0.4, 0.5) is 0 Å². The summed E-state index contributed by atoms with van der Waals surface area (Å²) in [6, 6.07) is 0. The van der Waals surface area contributed by atoms with Gasteiger partial charge in [0.2, 0.25) is 4.69 Å². The Bertz CT molecular complexity index is 175. The number of rotatable bonds is 5. The molecule has 4 atom stereocenters. The molecule has 0 spiro atoms. The fraction of sp³-hybridized carbons (Fsp3) is 0.833. The van der Waals surface area contributed by atoms with E-state index < -0.39 is 35.7 Å². The normalized spacial score (nSPS) is 20.5. The van der Waals surface area contributed by atoms with E-state index in [1.807, 2.05) is 0 Å². The maximum atomic E-state index is 10.5. The Morgan fingerprint density at radius 3 is 1.92 bits per heavy atom. The molecule has 7 heteroatoms. The number of hydrogen-bond acceptors (Lipinski definition) is 6. The molecule has 78 valence electrons. The van der Waals surface area contributed by atoms with Crippen LogP contribution < -0.4 is 0 Å². The van der Waals surface area contributed by atoms with E-state index in [-0.39, 0.29) is 0 Å². The summed E-state index contributed by atoms with van der Waals surface area (Å²) in [6.45, 7) is -0.776. The van der Waals surface area contributed by atoms with Crippen LogP contribution in [0.15, 0.2) is 0 Å². The van der Waals surface area contributed by atoms with Crippen molar-refractivity contribution in [1.29, 1.82) is 0 Å². The number of aliphatic hydroxyl groups is 5. The van der Waals surface area contributed by atoms with E-state index in [4.69, 9.17) is 25.5 Å². The molecule has 0 saturated heterocycles. The first-order valence-corrected chi connectivity index (χ1v) is 4.23. The van der Waals surface area contributed by atoms with Crippen LogP contribution in [0.2, 0.25) is 0 Å². The summed E-state index contributed by atoms with van der Waals surface area (Å²) in [7, 11) is 0. The zero-order valence-electron chi connectivity index (χ0n) is 6.54. The number of carbonyl (C=O) groups excluding carboxylic acids is 1. The number of aliphatic hydroxyl groups excluding tert-OH is 5. The molecule has 0 heterocycles. The van der Waals surface area contributed by atoms with Gasteiger partial charge in [0.15, 0.2) is 6.10 Å². The highest BCUT2D eigenvalue weighted by atomic mass is 79.9. The van der Waals surface area contributed by atoms with E-state index in [1.165, 1.54) is 0 Å². The summed E-state index contributed by atoms with van der Waals surface area (Å²) >= 11 is 2.38. The number of hydrogen-bond donors (Lipinski definition) is 5. The average molecular weight is 259 g/mol. The van der Waals surface area contributed by atoms with Crippen LogP contribution in [-0.4, -0.2) is 61.2 Å². The molecule has 0 aromatic carbocycles. The largest absolute Gasteiger partial charge is 0.394 e. The zero-order chi connectivity index (χ0) is 10.6. The van der Waals surface area contributed by atoms with Gasteiger partial charge in [-0.3, -0.25) is 4.79 Å². The van der Waals surface area contributed by atoms with E-state index in [0.29, 0.717) is 0 Å². The smallest absolute Gasteiger partial charge is 0.228 e. The van der Waals surface area contributed by atoms with E-state index in [9.17, 15) is 4.79 Å². The molecule has 0 saturated carbocycles. The summed E-state index contributed by atoms with van der Waals surface area (Å²) in [5.41, 5.74) is 0. The third-order valence-corrected chi connectivity index (χ3v) is 1.96. The van der Waals surface area contributed by atoms with Crippen molar-refractivity contribution in [3.8, 4) is 0 Å². The van der Waals surface area contributed by atoms with Crippen LogP contribution in [0.5, 0.6) is 0 Å². The Labute approximate surface area is 82.6 Å². The van der Waals surface area contributed by atoms with Gasteiger partial charge in [-0.15, -0.1) is 0 Å². The maximum Gasteiger partial charge on any atom is 0.228 e. The number of halogens is 1. The van der Waals surface area contributed by atoms with E-state index >= 15 is 0 Å². The molecule has 13 heavy (non-hydrogen) atoms. The Balaban J connectivity index is 4.24. The minimum absolute atomic E-state index is 0.776. The van der Waals surface area contributed by atoms with Crippen LogP contribution in [0.25, 0.3) is 0 Å². The standard InChI is InChI=1S/C6H11BrO6/c7-6(13)5(12)4(11)3(10)2(9)1-8/h2-5,8-12H,1H2/t2-,3+,4-,5-/m1/s1. The minimum atomic E-state index is -1.84. The molecule has 0 fully saturated rings. The van der Waals surface area contributed by atoms with Crippen molar-refractivity contribution in [2.45, 2.75) is 24.4 Å². The lowest BCUT2D eigenvalue weighted by Crippen LogP contribution is -2.47. The molecule has 0 aromatic heterocycles. The van der Waals surface area contributed by atoms with Gasteiger partial charge in [-0.05, 0) is 15.9 Å². The molecule has 0 amide bonds. The fourth-order valence-corrected chi connectivity index (χ4v) is 0.927. The van der Waals surface area contributed by atoms with Crippen LogP contribution in [0.3, 0.4) is 0 Å². The van der Waals surface area contributed by atoms with Gasteiger partial charge in [-0.2, -0.15) is 0 Å². The van der Waals surface area contributed by atoms with E-state index in [1.54, 1.807) is 0 Å². The molecule has 0 rings (SSSR count). The van der Waals surface area contributed by atoms with Crippen molar-refractivity contribution in [1.82, 2.24) is 0 Å². The first kappa shape index (κ1) is 12.9. The van der Waals surface area contributed by atoms with Crippen molar-refractivity contribution in [3.63, 3.8) is 0 Å². The van der Waals surface area contributed by atoms with Crippen LogP contribution >= 0.6 is 15.9 Å². The molecule has 0 aliphatic heterocycles. The highest BCUT2D eigenvalue weighted by Crippen LogP contribution is 2.07. The summed E-state index contributed by atoms with van der Waals surface area (Å²) in [5.74, 6) is 0. The van der Waals surface area contributed by atoms with Gasteiger partial charge >= 0.3 is 0 Å². The Kier molecular flexibility index (Phi) is 5.61. The van der Waals surface area contributed by atoms with E-state index in [0.717, 1.165) is 0 Å². The van der Waals surface area contributed by atoms with Gasteiger partial charge in [0.1, 0.15) is 18.3 Å². The van der Waals surface area contributed by atoms with Gasteiger partial charge in [0, 0.05) is 0 Å². The monoisotopic (exact) mass is 258 g/mol. The second kappa shape index (κ2) is 5.63. The van der Waals surface area contributed by atoms with Gasteiger partial charge in [0.25, 0.3) is 0 Å². The lowest BCUT2D eigenvalue weighted by atomic mass is 10.0. The van der Waals surface area contributed by atoms with Crippen molar-refractivity contribution in [2.75, 3.05) is 6.61 Å². The quantitative estimate of drug-likeness (QED) is 0.344. The molecule has 0 aliphatic rings. The summed E-state index contributed by atoms with van der Waals surface area (Å²) in [4.78, 5) is 10.5. The second-order valence-electron chi connectivity index (χ2n) is 2.48. The van der Waals surface area contributed by atoms with Crippen LogP contribution in [0, 0.1) is 0 Å². The summed E-state index contributed by atoms with van der Waals surface area (Å²) in [5, 5.41) is 44.2. The van der Waals surface area contributed by atoms with Crippen LogP contribution in [-0.2, 0) is 4.79 Å². The molecule has 0 aliphatic carbocycles. The topological polar surface area (TPSA) is 118 Å². The lowest BCUT2D eigenvalue weighted by molar-refractivity contribution is -0.138. The molecule has 0 aromatic rings. The Hall–Kier alpha value is -0.0500. The highest BCUT2D eigenvalue weighted by Gasteiger charge is 2.32. The molecule has 5 N–H and O–H groups in total. The average Bonchev–Trinajstić information content (AvgIpc) is 2.12. The Morgan fingerprint density at radius 2 is 1.62 bits per heavy atom. The minimum Gasteiger partial charge on any atom is -0.394 e. The summed E-state index contributed by atoms with van der Waals surface area (Å²) < 4.78 is -0.913.